The number of aryl methyl sites for hydroxylation is 1. The third kappa shape index (κ3) is 3.28. The lowest BCUT2D eigenvalue weighted by molar-refractivity contribution is -0.116. The lowest BCUT2D eigenvalue weighted by Crippen LogP contribution is -2.18. The van der Waals surface area contributed by atoms with Crippen LogP contribution in [0.5, 0.6) is 0 Å². The fourth-order valence-corrected chi connectivity index (χ4v) is 2.54. The predicted molar refractivity (Wildman–Crippen MR) is 78.7 cm³/mol. The number of nitrogens with zero attached hydrogens (tertiary/aromatic N) is 2. The average Bonchev–Trinajstić information content (AvgIpc) is 3.14. The summed E-state index contributed by atoms with van der Waals surface area (Å²) in [5, 5.41) is 13.8. The number of hydrogen-bond acceptors (Lipinski definition) is 5. The number of aromatic nitrogens is 2. The van der Waals surface area contributed by atoms with Crippen molar-refractivity contribution in [1.82, 2.24) is 15.5 Å². The van der Waals surface area contributed by atoms with Crippen LogP contribution in [0.25, 0.3) is 11.5 Å². The molecule has 1 atom stereocenters. The van der Waals surface area contributed by atoms with Gasteiger partial charge in [0.05, 0.1) is 0 Å². The third-order valence-electron chi connectivity index (χ3n) is 3.76. The average molecular weight is 286 g/mol. The summed E-state index contributed by atoms with van der Waals surface area (Å²) in [6, 6.07) is 5.71. The molecule has 1 aliphatic heterocycles. The Hall–Kier alpha value is -2.21. The van der Waals surface area contributed by atoms with E-state index >= 15 is 0 Å². The lowest BCUT2D eigenvalue weighted by Gasteiger charge is -2.12. The van der Waals surface area contributed by atoms with E-state index in [2.05, 4.69) is 20.8 Å². The van der Waals surface area contributed by atoms with Gasteiger partial charge in [0, 0.05) is 17.7 Å². The fraction of sp³-hybridized carbons (Fsp3) is 0.400. The van der Waals surface area contributed by atoms with E-state index in [-0.39, 0.29) is 5.91 Å². The van der Waals surface area contributed by atoms with Crippen molar-refractivity contribution in [3.8, 4) is 11.5 Å². The molecule has 1 aromatic heterocycles. The van der Waals surface area contributed by atoms with Crippen molar-refractivity contribution in [1.29, 1.82) is 0 Å². The highest BCUT2D eigenvalue weighted by Gasteiger charge is 2.18. The Morgan fingerprint density at radius 2 is 2.43 bits per heavy atom. The zero-order valence-electron chi connectivity index (χ0n) is 11.9. The Kier molecular flexibility index (Phi) is 3.96. The summed E-state index contributed by atoms with van der Waals surface area (Å²) >= 11 is 0. The van der Waals surface area contributed by atoms with Gasteiger partial charge in [-0.2, -0.15) is 0 Å². The first-order chi connectivity index (χ1) is 10.2. The first-order valence-electron chi connectivity index (χ1n) is 7.10. The molecule has 2 heterocycles. The van der Waals surface area contributed by atoms with Crippen LogP contribution in [0.1, 0.15) is 18.4 Å². The number of carbonyl (C=O) groups excluding carboxylic acids is 1. The van der Waals surface area contributed by atoms with E-state index in [0.717, 1.165) is 36.3 Å². The quantitative estimate of drug-likeness (QED) is 0.898. The Labute approximate surface area is 123 Å². The summed E-state index contributed by atoms with van der Waals surface area (Å²) < 4.78 is 5.18. The van der Waals surface area contributed by atoms with Gasteiger partial charge in [0.15, 0.2) is 0 Å². The molecule has 0 radical (unpaired) electrons. The van der Waals surface area contributed by atoms with Crippen molar-refractivity contribution >= 4 is 11.6 Å². The Bertz CT molecular complexity index is 619. The normalized spacial score (nSPS) is 17.9. The van der Waals surface area contributed by atoms with Gasteiger partial charge in [-0.1, -0.05) is 6.07 Å². The highest BCUT2D eigenvalue weighted by Crippen LogP contribution is 2.24. The van der Waals surface area contributed by atoms with Crippen LogP contribution in [0.2, 0.25) is 0 Å². The van der Waals surface area contributed by atoms with Crippen LogP contribution in [0, 0.1) is 12.8 Å². The zero-order chi connectivity index (χ0) is 14.7. The molecule has 0 saturated carbocycles. The van der Waals surface area contributed by atoms with Gasteiger partial charge in [0.1, 0.15) is 0 Å². The second-order valence-electron chi connectivity index (χ2n) is 5.38. The van der Waals surface area contributed by atoms with E-state index in [1.54, 1.807) is 0 Å². The van der Waals surface area contributed by atoms with Crippen LogP contribution in [-0.4, -0.2) is 29.2 Å². The molecule has 0 aliphatic carbocycles. The maximum Gasteiger partial charge on any atom is 0.247 e. The topological polar surface area (TPSA) is 80.1 Å². The molecule has 3 rings (SSSR count). The molecular formula is C15H18N4O2. The van der Waals surface area contributed by atoms with Crippen LogP contribution >= 0.6 is 0 Å². The Morgan fingerprint density at radius 1 is 1.52 bits per heavy atom. The van der Waals surface area contributed by atoms with Crippen molar-refractivity contribution in [3.63, 3.8) is 0 Å². The van der Waals surface area contributed by atoms with E-state index in [9.17, 15) is 4.79 Å². The van der Waals surface area contributed by atoms with E-state index < -0.39 is 0 Å². The second-order valence-corrected chi connectivity index (χ2v) is 5.38. The smallest absolute Gasteiger partial charge is 0.247 e. The molecule has 2 N–H and O–H groups in total. The molecule has 1 fully saturated rings. The third-order valence-corrected chi connectivity index (χ3v) is 3.76. The number of hydrogen-bond donors (Lipinski definition) is 2. The van der Waals surface area contributed by atoms with Crippen molar-refractivity contribution in [2.24, 2.45) is 5.92 Å². The first-order valence-corrected chi connectivity index (χ1v) is 7.10. The van der Waals surface area contributed by atoms with E-state index in [4.69, 9.17) is 4.42 Å². The highest BCUT2D eigenvalue weighted by molar-refractivity contribution is 5.92. The predicted octanol–water partition coefficient (Wildman–Crippen LogP) is 1.98. The molecule has 1 amide bonds. The van der Waals surface area contributed by atoms with Crippen molar-refractivity contribution in [3.05, 3.63) is 30.2 Å². The van der Waals surface area contributed by atoms with Crippen LogP contribution in [0.4, 0.5) is 5.69 Å². The number of benzene rings is 1. The van der Waals surface area contributed by atoms with Gasteiger partial charge in [0.25, 0.3) is 0 Å². The largest absolute Gasteiger partial charge is 0.423 e. The highest BCUT2D eigenvalue weighted by atomic mass is 16.4. The van der Waals surface area contributed by atoms with Gasteiger partial charge in [-0.15, -0.1) is 10.2 Å². The fourth-order valence-electron chi connectivity index (χ4n) is 2.54. The molecule has 2 aromatic rings. The molecule has 21 heavy (non-hydrogen) atoms. The molecule has 6 nitrogen and oxygen atoms in total. The minimum atomic E-state index is 0.0504. The Morgan fingerprint density at radius 3 is 3.14 bits per heavy atom. The molecular weight excluding hydrogens is 268 g/mol. The molecule has 1 aliphatic rings. The number of rotatable bonds is 4. The summed E-state index contributed by atoms with van der Waals surface area (Å²) in [7, 11) is 0. The summed E-state index contributed by atoms with van der Waals surface area (Å²) in [5.41, 5.74) is 2.61. The van der Waals surface area contributed by atoms with Crippen LogP contribution < -0.4 is 10.6 Å². The van der Waals surface area contributed by atoms with E-state index in [1.807, 2.05) is 25.1 Å². The standard InChI is InChI=1S/C15H18N4O2/c1-10-2-3-12(15-19-17-9-21-15)7-13(10)18-14(20)6-11-4-5-16-8-11/h2-3,7,9,11,16H,4-6,8H2,1H3,(H,18,20). The van der Waals surface area contributed by atoms with Crippen molar-refractivity contribution < 1.29 is 9.21 Å². The van der Waals surface area contributed by atoms with Crippen LogP contribution in [0.3, 0.4) is 0 Å². The van der Waals surface area contributed by atoms with Crippen LogP contribution in [-0.2, 0) is 4.79 Å². The lowest BCUT2D eigenvalue weighted by atomic mass is 10.0. The summed E-state index contributed by atoms with van der Waals surface area (Å²) in [5.74, 6) is 0.935. The molecule has 1 unspecified atom stereocenters. The number of anilines is 1. The second kappa shape index (κ2) is 6.05. The molecule has 1 aromatic carbocycles. The SMILES string of the molecule is Cc1ccc(-c2nnco2)cc1NC(=O)CC1CCNC1. The summed E-state index contributed by atoms with van der Waals surface area (Å²) in [4.78, 5) is 12.1. The first kappa shape index (κ1) is 13.8. The molecule has 1 saturated heterocycles. The zero-order valence-corrected chi connectivity index (χ0v) is 11.9. The maximum absolute atomic E-state index is 12.1. The molecule has 110 valence electrons. The maximum atomic E-state index is 12.1. The molecule has 0 spiro atoms. The minimum Gasteiger partial charge on any atom is -0.423 e. The summed E-state index contributed by atoms with van der Waals surface area (Å²) in [6.07, 6.45) is 2.91. The van der Waals surface area contributed by atoms with Gasteiger partial charge in [-0.25, -0.2) is 0 Å². The van der Waals surface area contributed by atoms with E-state index in [0.29, 0.717) is 18.2 Å². The number of nitrogens with one attached hydrogen (secondary N) is 2. The molecule has 6 heteroatoms. The van der Waals surface area contributed by atoms with Crippen molar-refractivity contribution in [2.45, 2.75) is 19.8 Å². The Balaban J connectivity index is 1.72. The minimum absolute atomic E-state index is 0.0504. The van der Waals surface area contributed by atoms with E-state index in [1.165, 1.54) is 6.39 Å². The van der Waals surface area contributed by atoms with Gasteiger partial charge in [-0.3, -0.25) is 4.79 Å². The monoisotopic (exact) mass is 286 g/mol. The van der Waals surface area contributed by atoms with Gasteiger partial charge < -0.3 is 15.1 Å². The molecule has 0 bridgehead atoms. The van der Waals surface area contributed by atoms with Gasteiger partial charge in [0.2, 0.25) is 18.2 Å². The summed E-state index contributed by atoms with van der Waals surface area (Å²) in [6.45, 7) is 3.89. The van der Waals surface area contributed by atoms with Crippen LogP contribution in [0.15, 0.2) is 29.0 Å². The van der Waals surface area contributed by atoms with Gasteiger partial charge >= 0.3 is 0 Å². The number of carbonyl (C=O) groups is 1. The van der Waals surface area contributed by atoms with Gasteiger partial charge in [-0.05, 0) is 50.0 Å². The number of amides is 1. The van der Waals surface area contributed by atoms with Crippen molar-refractivity contribution in [2.75, 3.05) is 18.4 Å².